The molecule has 152 valence electrons. The first-order chi connectivity index (χ1) is 13.8. The highest BCUT2D eigenvalue weighted by Gasteiger charge is 2.28. The fraction of sp³-hybridized carbons (Fsp3) is 0.286. The maximum Gasteiger partial charge on any atom is 0.247 e. The van der Waals surface area contributed by atoms with Crippen molar-refractivity contribution in [2.24, 2.45) is 5.73 Å². The molecule has 0 saturated heterocycles. The van der Waals surface area contributed by atoms with E-state index in [1.807, 2.05) is 30.3 Å². The van der Waals surface area contributed by atoms with Crippen LogP contribution in [0.25, 0.3) is 11.5 Å². The van der Waals surface area contributed by atoms with E-state index >= 15 is 0 Å². The Morgan fingerprint density at radius 2 is 1.86 bits per heavy atom. The van der Waals surface area contributed by atoms with Crippen LogP contribution in [0.1, 0.15) is 31.3 Å². The normalized spacial score (nSPS) is 12.6. The molecule has 1 heterocycles. The Hall–Kier alpha value is -2.74. The third-order valence-electron chi connectivity index (χ3n) is 4.12. The number of carbonyl (C=O) groups excluding carboxylic acids is 1. The Labute approximate surface area is 174 Å². The number of carbonyl (C=O) groups is 1. The number of nitrogens with zero attached hydrogens (tertiary/aromatic N) is 2. The van der Waals surface area contributed by atoms with Crippen molar-refractivity contribution < 1.29 is 13.9 Å². The van der Waals surface area contributed by atoms with Crippen molar-refractivity contribution >= 4 is 17.5 Å². The largest absolute Gasteiger partial charge is 0.418 e. The second-order valence-electron chi connectivity index (χ2n) is 7.20. The summed E-state index contributed by atoms with van der Waals surface area (Å²) in [6, 6.07) is 16.1. The molecule has 3 rings (SSSR count). The van der Waals surface area contributed by atoms with E-state index in [9.17, 15) is 4.79 Å². The summed E-state index contributed by atoms with van der Waals surface area (Å²) in [5, 5.41) is 11.6. The van der Waals surface area contributed by atoms with Gasteiger partial charge < -0.3 is 20.2 Å². The van der Waals surface area contributed by atoms with Crippen molar-refractivity contribution in [3.05, 3.63) is 71.1 Å². The van der Waals surface area contributed by atoms with Crippen molar-refractivity contribution in [2.75, 3.05) is 6.61 Å². The highest BCUT2D eigenvalue weighted by atomic mass is 35.5. The van der Waals surface area contributed by atoms with E-state index in [1.54, 1.807) is 38.1 Å². The average Bonchev–Trinajstić information content (AvgIpc) is 3.18. The molecule has 7 nitrogen and oxygen atoms in total. The van der Waals surface area contributed by atoms with Gasteiger partial charge in [-0.3, -0.25) is 4.79 Å². The van der Waals surface area contributed by atoms with Gasteiger partial charge in [0.2, 0.25) is 17.7 Å². The van der Waals surface area contributed by atoms with Crippen molar-refractivity contribution in [3.8, 4) is 11.5 Å². The van der Waals surface area contributed by atoms with E-state index in [-0.39, 0.29) is 18.4 Å². The van der Waals surface area contributed by atoms with Crippen molar-refractivity contribution in [3.63, 3.8) is 0 Å². The fourth-order valence-electron chi connectivity index (χ4n) is 2.47. The molecule has 0 radical (unpaired) electrons. The topological polar surface area (TPSA) is 103 Å². The average molecular weight is 415 g/mol. The highest BCUT2D eigenvalue weighted by Crippen LogP contribution is 2.23. The Bertz CT molecular complexity index is 937. The first-order valence-electron chi connectivity index (χ1n) is 9.14. The summed E-state index contributed by atoms with van der Waals surface area (Å²) in [5.74, 6) is 0.212. The van der Waals surface area contributed by atoms with E-state index in [0.29, 0.717) is 17.5 Å². The SMILES string of the molecule is CC(C)(N)C(=O)N[C@H](COCc1ccccc1)c1nnc(-c2ccc(Cl)cc2)o1. The molecule has 0 spiro atoms. The monoisotopic (exact) mass is 414 g/mol. The fourth-order valence-corrected chi connectivity index (χ4v) is 2.60. The molecule has 0 fully saturated rings. The third kappa shape index (κ3) is 5.87. The summed E-state index contributed by atoms with van der Waals surface area (Å²) in [6.45, 7) is 3.78. The number of aromatic nitrogens is 2. The van der Waals surface area contributed by atoms with E-state index in [1.165, 1.54) is 0 Å². The Balaban J connectivity index is 1.75. The lowest BCUT2D eigenvalue weighted by molar-refractivity contribution is -0.126. The van der Waals surface area contributed by atoms with Gasteiger partial charge in [0.1, 0.15) is 6.04 Å². The Morgan fingerprint density at radius 1 is 1.17 bits per heavy atom. The smallest absolute Gasteiger partial charge is 0.247 e. The molecule has 0 aliphatic rings. The van der Waals surface area contributed by atoms with E-state index in [4.69, 9.17) is 26.5 Å². The minimum absolute atomic E-state index is 0.152. The molecule has 0 saturated carbocycles. The zero-order valence-corrected chi connectivity index (χ0v) is 17.0. The first kappa shape index (κ1) is 21.0. The Morgan fingerprint density at radius 3 is 2.52 bits per heavy atom. The molecular weight excluding hydrogens is 392 g/mol. The second kappa shape index (κ2) is 9.17. The Kier molecular flexibility index (Phi) is 6.64. The van der Waals surface area contributed by atoms with Gasteiger partial charge in [0.15, 0.2) is 0 Å². The molecule has 3 aromatic rings. The van der Waals surface area contributed by atoms with Crippen LogP contribution in [0.3, 0.4) is 0 Å². The summed E-state index contributed by atoms with van der Waals surface area (Å²) in [6.07, 6.45) is 0. The molecular formula is C21H23ClN4O3. The minimum Gasteiger partial charge on any atom is -0.418 e. The summed E-state index contributed by atoms with van der Waals surface area (Å²) >= 11 is 5.92. The molecule has 3 N–H and O–H groups in total. The van der Waals surface area contributed by atoms with Gasteiger partial charge in [0, 0.05) is 10.6 Å². The lowest BCUT2D eigenvalue weighted by Gasteiger charge is -2.22. The van der Waals surface area contributed by atoms with Gasteiger partial charge in [0.05, 0.1) is 18.8 Å². The summed E-state index contributed by atoms with van der Waals surface area (Å²) < 4.78 is 11.6. The highest BCUT2D eigenvalue weighted by molar-refractivity contribution is 6.30. The van der Waals surface area contributed by atoms with Crippen LogP contribution in [0.2, 0.25) is 5.02 Å². The van der Waals surface area contributed by atoms with Crippen LogP contribution >= 0.6 is 11.6 Å². The number of ether oxygens (including phenoxy) is 1. The number of hydrogen-bond donors (Lipinski definition) is 2. The number of nitrogens with two attached hydrogens (primary N) is 1. The number of benzene rings is 2. The van der Waals surface area contributed by atoms with E-state index in [2.05, 4.69) is 15.5 Å². The molecule has 0 aliphatic carbocycles. The molecule has 2 aromatic carbocycles. The van der Waals surface area contributed by atoms with Gasteiger partial charge in [0.25, 0.3) is 0 Å². The molecule has 8 heteroatoms. The predicted octanol–water partition coefficient (Wildman–Crippen LogP) is 3.50. The lowest BCUT2D eigenvalue weighted by atomic mass is 10.1. The second-order valence-corrected chi connectivity index (χ2v) is 7.64. The van der Waals surface area contributed by atoms with Gasteiger partial charge >= 0.3 is 0 Å². The number of amides is 1. The third-order valence-corrected chi connectivity index (χ3v) is 4.37. The summed E-state index contributed by atoms with van der Waals surface area (Å²) in [5.41, 5.74) is 6.59. The standard InChI is InChI=1S/C21H23ClN4O3/c1-21(2,23)20(27)24-17(13-28-12-14-6-4-3-5-7-14)19-26-25-18(29-19)15-8-10-16(22)11-9-15/h3-11,17H,12-13,23H2,1-2H3,(H,24,27)/t17-/m1/s1. The maximum atomic E-state index is 12.4. The first-order valence-corrected chi connectivity index (χ1v) is 9.51. The van der Waals surface area contributed by atoms with Crippen LogP contribution in [-0.2, 0) is 16.1 Å². The zero-order chi connectivity index (χ0) is 20.9. The number of rotatable bonds is 8. The molecule has 29 heavy (non-hydrogen) atoms. The van der Waals surface area contributed by atoms with Gasteiger partial charge in [-0.2, -0.15) is 0 Å². The van der Waals surface area contributed by atoms with E-state index in [0.717, 1.165) is 11.1 Å². The van der Waals surface area contributed by atoms with Crippen LogP contribution in [-0.4, -0.2) is 28.3 Å². The molecule has 1 atom stereocenters. The van der Waals surface area contributed by atoms with Crippen molar-refractivity contribution in [2.45, 2.75) is 32.0 Å². The van der Waals surface area contributed by atoms with Crippen molar-refractivity contribution in [1.82, 2.24) is 15.5 Å². The number of nitrogens with one attached hydrogen (secondary N) is 1. The van der Waals surface area contributed by atoms with Crippen LogP contribution in [0.15, 0.2) is 59.0 Å². The zero-order valence-electron chi connectivity index (χ0n) is 16.3. The van der Waals surface area contributed by atoms with Crippen LogP contribution < -0.4 is 11.1 Å². The maximum absolute atomic E-state index is 12.4. The molecule has 0 aliphatic heterocycles. The van der Waals surface area contributed by atoms with Gasteiger partial charge in [-0.05, 0) is 43.7 Å². The number of halogens is 1. The van der Waals surface area contributed by atoms with Crippen molar-refractivity contribution in [1.29, 1.82) is 0 Å². The molecule has 1 aromatic heterocycles. The molecule has 0 bridgehead atoms. The predicted molar refractivity (Wildman–Crippen MR) is 110 cm³/mol. The minimum atomic E-state index is -1.06. The quantitative estimate of drug-likeness (QED) is 0.584. The van der Waals surface area contributed by atoms with Crippen LogP contribution in [0.5, 0.6) is 0 Å². The van der Waals surface area contributed by atoms with Crippen LogP contribution in [0.4, 0.5) is 0 Å². The number of hydrogen-bond acceptors (Lipinski definition) is 6. The van der Waals surface area contributed by atoms with E-state index < -0.39 is 11.6 Å². The van der Waals surface area contributed by atoms with Crippen LogP contribution in [0, 0.1) is 0 Å². The van der Waals surface area contributed by atoms with Gasteiger partial charge in [-0.1, -0.05) is 41.9 Å². The van der Waals surface area contributed by atoms with Gasteiger partial charge in [-0.15, -0.1) is 10.2 Å². The molecule has 1 amide bonds. The summed E-state index contributed by atoms with van der Waals surface area (Å²) in [4.78, 5) is 12.4. The molecule has 0 unspecified atom stereocenters. The van der Waals surface area contributed by atoms with Gasteiger partial charge in [-0.25, -0.2) is 0 Å². The lowest BCUT2D eigenvalue weighted by Crippen LogP contribution is -2.50. The summed E-state index contributed by atoms with van der Waals surface area (Å²) in [7, 11) is 0.